The van der Waals surface area contributed by atoms with E-state index in [9.17, 15) is 8.42 Å². The lowest BCUT2D eigenvalue weighted by Crippen LogP contribution is -2.38. The van der Waals surface area contributed by atoms with Crippen molar-refractivity contribution >= 4 is 32.6 Å². The molecule has 0 radical (unpaired) electrons. The average Bonchev–Trinajstić information content (AvgIpc) is 2.29. The van der Waals surface area contributed by atoms with E-state index in [0.717, 1.165) is 3.57 Å². The fraction of sp³-hybridized carbons (Fsp3) is 0.455. The van der Waals surface area contributed by atoms with Gasteiger partial charge in [-0.15, -0.1) is 0 Å². The molecule has 18 heavy (non-hydrogen) atoms. The maximum Gasteiger partial charge on any atom is 0.240 e. The van der Waals surface area contributed by atoms with Crippen LogP contribution >= 0.6 is 22.6 Å². The van der Waals surface area contributed by atoms with Gasteiger partial charge in [0.05, 0.1) is 11.5 Å². The highest BCUT2D eigenvalue weighted by Gasteiger charge is 2.19. The first-order valence-electron chi connectivity index (χ1n) is 5.37. The lowest BCUT2D eigenvalue weighted by molar-refractivity contribution is 0.158. The Kier molecular flexibility index (Phi) is 6.50. The highest BCUT2D eigenvalue weighted by molar-refractivity contribution is 14.1. The summed E-state index contributed by atoms with van der Waals surface area (Å²) < 4.78 is 32.5. The van der Waals surface area contributed by atoms with Crippen LogP contribution in [0.2, 0.25) is 0 Å². The maximum atomic E-state index is 12.1. The van der Waals surface area contributed by atoms with Crippen molar-refractivity contribution in [1.82, 2.24) is 4.72 Å². The number of hydrogen-bond donors (Lipinski definition) is 2. The molecular weight excluding hydrogens is 369 g/mol. The Hall–Kier alpha value is -0.220. The van der Waals surface area contributed by atoms with Crippen LogP contribution in [0.1, 0.15) is 6.42 Å². The molecule has 7 heteroatoms. The van der Waals surface area contributed by atoms with Gasteiger partial charge in [0, 0.05) is 23.3 Å². The molecule has 5 nitrogen and oxygen atoms in total. The normalized spacial score (nSPS) is 13.5. The molecular formula is C11H16INO4S. The Bertz CT molecular complexity index is 454. The molecule has 0 aliphatic heterocycles. The minimum Gasteiger partial charge on any atom is -0.396 e. The first-order valence-corrected chi connectivity index (χ1v) is 7.93. The molecule has 1 aromatic rings. The van der Waals surface area contributed by atoms with Gasteiger partial charge in [-0.25, -0.2) is 13.1 Å². The Morgan fingerprint density at radius 3 is 2.50 bits per heavy atom. The van der Waals surface area contributed by atoms with Crippen molar-refractivity contribution in [2.45, 2.75) is 17.4 Å². The summed E-state index contributed by atoms with van der Waals surface area (Å²) in [5.74, 6) is 0. The van der Waals surface area contributed by atoms with Crippen LogP contribution in [0.25, 0.3) is 0 Å². The van der Waals surface area contributed by atoms with Crippen LogP contribution in [-0.2, 0) is 14.8 Å². The zero-order valence-electron chi connectivity index (χ0n) is 9.97. The minimum absolute atomic E-state index is 0.0940. The van der Waals surface area contributed by atoms with Crippen molar-refractivity contribution in [1.29, 1.82) is 0 Å². The summed E-state index contributed by atoms with van der Waals surface area (Å²) in [6.07, 6.45) is 0.317. The standard InChI is InChI=1S/C11H16INO4S/c1-17-8-10(6-7-14)13-18(15,16)11-4-2-9(12)3-5-11/h2-5,10,13-14H,6-8H2,1H3. The van der Waals surface area contributed by atoms with Crippen molar-refractivity contribution in [3.05, 3.63) is 27.8 Å². The van der Waals surface area contributed by atoms with Crippen LogP contribution in [0.5, 0.6) is 0 Å². The highest BCUT2D eigenvalue weighted by Crippen LogP contribution is 2.12. The summed E-state index contributed by atoms with van der Waals surface area (Å²) in [7, 11) is -2.08. The number of methoxy groups -OCH3 is 1. The lowest BCUT2D eigenvalue weighted by Gasteiger charge is -2.16. The molecule has 1 aromatic carbocycles. The van der Waals surface area contributed by atoms with E-state index in [1.54, 1.807) is 24.3 Å². The van der Waals surface area contributed by atoms with Gasteiger partial charge < -0.3 is 9.84 Å². The second-order valence-electron chi connectivity index (χ2n) is 3.74. The number of rotatable bonds is 7. The van der Waals surface area contributed by atoms with E-state index in [1.807, 2.05) is 0 Å². The van der Waals surface area contributed by atoms with Gasteiger partial charge in [-0.3, -0.25) is 0 Å². The molecule has 0 aromatic heterocycles. The Labute approximate surface area is 121 Å². The number of aliphatic hydroxyl groups excluding tert-OH is 1. The molecule has 0 spiro atoms. The highest BCUT2D eigenvalue weighted by atomic mass is 127. The maximum absolute atomic E-state index is 12.1. The van der Waals surface area contributed by atoms with E-state index in [0.29, 0.717) is 6.42 Å². The van der Waals surface area contributed by atoms with Gasteiger partial charge in [-0.2, -0.15) is 0 Å². The first kappa shape index (κ1) is 15.8. The Morgan fingerprint density at radius 1 is 1.39 bits per heavy atom. The number of hydrogen-bond acceptors (Lipinski definition) is 4. The Balaban J connectivity index is 2.82. The fourth-order valence-electron chi connectivity index (χ4n) is 1.43. The summed E-state index contributed by atoms with van der Waals surface area (Å²) >= 11 is 2.11. The SMILES string of the molecule is COCC(CCO)NS(=O)(=O)c1ccc(I)cc1. The molecule has 0 saturated carbocycles. The van der Waals surface area contributed by atoms with E-state index >= 15 is 0 Å². The summed E-state index contributed by atoms with van der Waals surface area (Å²) in [4.78, 5) is 0.210. The molecule has 0 aliphatic carbocycles. The number of nitrogens with one attached hydrogen (secondary N) is 1. The molecule has 1 atom stereocenters. The molecule has 2 N–H and O–H groups in total. The van der Waals surface area contributed by atoms with Gasteiger partial charge in [0.1, 0.15) is 0 Å². The topological polar surface area (TPSA) is 75.6 Å². The van der Waals surface area contributed by atoms with Crippen LogP contribution in [0, 0.1) is 3.57 Å². The van der Waals surface area contributed by atoms with Crippen molar-refractivity contribution in [2.24, 2.45) is 0 Å². The van der Waals surface area contributed by atoms with Gasteiger partial charge in [0.15, 0.2) is 0 Å². The second kappa shape index (κ2) is 7.39. The third-order valence-corrected chi connectivity index (χ3v) is 4.55. The van der Waals surface area contributed by atoms with E-state index in [2.05, 4.69) is 27.3 Å². The Morgan fingerprint density at radius 2 is 2.00 bits per heavy atom. The van der Waals surface area contributed by atoms with Crippen molar-refractivity contribution in [2.75, 3.05) is 20.3 Å². The van der Waals surface area contributed by atoms with Crippen LogP contribution in [0.3, 0.4) is 0 Å². The van der Waals surface area contributed by atoms with Crippen molar-refractivity contribution in [3.8, 4) is 0 Å². The molecule has 0 heterocycles. The van der Waals surface area contributed by atoms with Crippen LogP contribution in [-0.4, -0.2) is 39.9 Å². The minimum atomic E-state index is -3.57. The zero-order chi connectivity index (χ0) is 13.6. The number of benzene rings is 1. The molecule has 0 fully saturated rings. The predicted octanol–water partition coefficient (Wildman–Crippen LogP) is 0.967. The third-order valence-electron chi connectivity index (χ3n) is 2.29. The third kappa shape index (κ3) is 4.81. The van der Waals surface area contributed by atoms with Crippen LogP contribution in [0.15, 0.2) is 29.2 Å². The number of aliphatic hydroxyl groups is 1. The van der Waals surface area contributed by atoms with Crippen molar-refractivity contribution in [3.63, 3.8) is 0 Å². The number of halogens is 1. The van der Waals surface area contributed by atoms with Gasteiger partial charge in [0.2, 0.25) is 10.0 Å². The lowest BCUT2D eigenvalue weighted by atomic mass is 10.2. The summed E-state index contributed by atoms with van der Waals surface area (Å²) in [5, 5.41) is 8.88. The largest absolute Gasteiger partial charge is 0.396 e. The summed E-state index contributed by atoms with van der Waals surface area (Å²) in [6.45, 7) is 0.132. The van der Waals surface area contributed by atoms with Gasteiger partial charge in [-0.05, 0) is 53.3 Å². The zero-order valence-corrected chi connectivity index (χ0v) is 12.9. The molecule has 0 saturated heterocycles. The summed E-state index contributed by atoms with van der Waals surface area (Å²) in [6, 6.07) is 6.13. The molecule has 0 aliphatic rings. The molecule has 1 unspecified atom stereocenters. The molecule has 1 rings (SSSR count). The summed E-state index contributed by atoms with van der Waals surface area (Å²) in [5.41, 5.74) is 0. The molecule has 102 valence electrons. The smallest absolute Gasteiger partial charge is 0.240 e. The second-order valence-corrected chi connectivity index (χ2v) is 6.70. The van der Waals surface area contributed by atoms with Gasteiger partial charge in [0.25, 0.3) is 0 Å². The predicted molar refractivity (Wildman–Crippen MR) is 76.8 cm³/mol. The molecule has 0 bridgehead atoms. The van der Waals surface area contributed by atoms with E-state index in [4.69, 9.17) is 9.84 Å². The van der Waals surface area contributed by atoms with Crippen LogP contribution < -0.4 is 4.72 Å². The number of sulfonamides is 1. The fourth-order valence-corrected chi connectivity index (χ4v) is 3.05. The first-order chi connectivity index (χ1) is 8.49. The van der Waals surface area contributed by atoms with E-state index in [-0.39, 0.29) is 18.1 Å². The molecule has 0 amide bonds. The monoisotopic (exact) mass is 385 g/mol. The van der Waals surface area contributed by atoms with Crippen molar-refractivity contribution < 1.29 is 18.3 Å². The quantitative estimate of drug-likeness (QED) is 0.686. The van der Waals surface area contributed by atoms with Gasteiger partial charge >= 0.3 is 0 Å². The van der Waals surface area contributed by atoms with Gasteiger partial charge in [-0.1, -0.05) is 0 Å². The van der Waals surface area contributed by atoms with E-state index < -0.39 is 16.1 Å². The van der Waals surface area contributed by atoms with Crippen LogP contribution in [0.4, 0.5) is 0 Å². The van der Waals surface area contributed by atoms with E-state index in [1.165, 1.54) is 7.11 Å². The number of ether oxygens (including phenoxy) is 1. The average molecular weight is 385 g/mol.